The molecule has 10 heteroatoms. The number of anilines is 1. The fraction of sp³-hybridized carbons (Fsp3) is 0.409. The van der Waals surface area contributed by atoms with Crippen LogP contribution in [0.4, 0.5) is 5.82 Å². The van der Waals surface area contributed by atoms with E-state index in [4.69, 9.17) is 4.74 Å². The number of piperazine rings is 1. The molecule has 0 aliphatic carbocycles. The number of aryl methyl sites for hydroxylation is 4. The molecule has 1 saturated heterocycles. The summed E-state index contributed by atoms with van der Waals surface area (Å²) in [5.41, 5.74) is 3.55. The highest BCUT2D eigenvalue weighted by Crippen LogP contribution is 2.29. The number of sulfonamides is 1. The zero-order valence-corrected chi connectivity index (χ0v) is 19.8. The molecule has 32 heavy (non-hydrogen) atoms. The van der Waals surface area contributed by atoms with Crippen LogP contribution in [0.3, 0.4) is 0 Å². The molecule has 0 bridgehead atoms. The average Bonchev–Trinajstić information content (AvgIpc) is 3.11. The number of benzene rings is 1. The Hall–Kier alpha value is -2.98. The Morgan fingerprint density at radius 1 is 0.875 bits per heavy atom. The van der Waals surface area contributed by atoms with Crippen molar-refractivity contribution in [3.8, 4) is 11.6 Å². The molecule has 9 nitrogen and oxygen atoms in total. The summed E-state index contributed by atoms with van der Waals surface area (Å²) in [5, 5.41) is 13.1. The van der Waals surface area contributed by atoms with Crippen molar-refractivity contribution in [3.63, 3.8) is 0 Å². The van der Waals surface area contributed by atoms with E-state index < -0.39 is 10.0 Å². The fourth-order valence-electron chi connectivity index (χ4n) is 4.07. The van der Waals surface area contributed by atoms with Crippen LogP contribution in [0.2, 0.25) is 0 Å². The standard InChI is InChI=1S/C22H28N6O3S/c1-15-12-16(2)20(14-19(15)31-5)32(29,30)27-10-8-26(9-11-27)21-6-7-22(24-23-21)28-18(4)13-17(3)25-28/h6-7,12-14H,8-11H2,1-5H3. The second-order valence-electron chi connectivity index (χ2n) is 8.07. The minimum absolute atomic E-state index is 0.294. The number of aromatic nitrogens is 4. The summed E-state index contributed by atoms with van der Waals surface area (Å²) < 4.78 is 35.2. The molecule has 1 fully saturated rings. The van der Waals surface area contributed by atoms with Crippen molar-refractivity contribution >= 4 is 15.8 Å². The van der Waals surface area contributed by atoms with Crippen LogP contribution in [0.25, 0.3) is 5.82 Å². The summed E-state index contributed by atoms with van der Waals surface area (Å²) in [6, 6.07) is 9.24. The fourth-order valence-corrected chi connectivity index (χ4v) is 5.71. The Bertz CT molecular complexity index is 1230. The Kier molecular flexibility index (Phi) is 5.91. The molecule has 1 aromatic carbocycles. The van der Waals surface area contributed by atoms with Gasteiger partial charge >= 0.3 is 0 Å². The van der Waals surface area contributed by atoms with Crippen molar-refractivity contribution in [2.24, 2.45) is 0 Å². The third-order valence-corrected chi connectivity index (χ3v) is 7.78. The molecule has 0 amide bonds. The molecule has 0 spiro atoms. The summed E-state index contributed by atoms with van der Waals surface area (Å²) in [5.74, 6) is 1.95. The summed E-state index contributed by atoms with van der Waals surface area (Å²) in [6.45, 7) is 9.45. The Balaban J connectivity index is 1.48. The molecule has 0 radical (unpaired) electrons. The molecule has 170 valence electrons. The third kappa shape index (κ3) is 4.07. The molecular weight excluding hydrogens is 428 g/mol. The van der Waals surface area contributed by atoms with Crippen LogP contribution in [-0.4, -0.2) is 66.0 Å². The molecule has 3 aromatic rings. The van der Waals surface area contributed by atoms with Crippen molar-refractivity contribution in [2.45, 2.75) is 32.6 Å². The zero-order chi connectivity index (χ0) is 23.0. The van der Waals surface area contributed by atoms with E-state index in [0.29, 0.717) is 42.6 Å². The second-order valence-corrected chi connectivity index (χ2v) is 9.97. The lowest BCUT2D eigenvalue weighted by molar-refractivity contribution is 0.381. The van der Waals surface area contributed by atoms with E-state index in [0.717, 1.165) is 28.3 Å². The maximum absolute atomic E-state index is 13.3. The van der Waals surface area contributed by atoms with Gasteiger partial charge in [-0.25, -0.2) is 13.1 Å². The number of methoxy groups -OCH3 is 1. The molecular formula is C22H28N6O3S. The Morgan fingerprint density at radius 3 is 2.09 bits per heavy atom. The highest BCUT2D eigenvalue weighted by Gasteiger charge is 2.30. The number of hydrogen-bond donors (Lipinski definition) is 0. The van der Waals surface area contributed by atoms with Crippen molar-refractivity contribution in [1.82, 2.24) is 24.3 Å². The molecule has 1 aliphatic heterocycles. The number of nitrogens with zero attached hydrogens (tertiary/aromatic N) is 6. The van der Waals surface area contributed by atoms with Gasteiger partial charge in [0.05, 0.1) is 17.7 Å². The van der Waals surface area contributed by atoms with Gasteiger partial charge in [-0.15, -0.1) is 10.2 Å². The predicted octanol–water partition coefficient (Wildman–Crippen LogP) is 2.42. The molecule has 3 heterocycles. The van der Waals surface area contributed by atoms with Crippen LogP contribution in [0, 0.1) is 27.7 Å². The molecule has 1 aliphatic rings. The van der Waals surface area contributed by atoms with Crippen molar-refractivity contribution in [1.29, 1.82) is 0 Å². The molecule has 0 N–H and O–H groups in total. The summed E-state index contributed by atoms with van der Waals surface area (Å²) >= 11 is 0. The number of rotatable bonds is 5. The zero-order valence-electron chi connectivity index (χ0n) is 19.0. The van der Waals surface area contributed by atoms with Gasteiger partial charge in [0, 0.05) is 37.9 Å². The summed E-state index contributed by atoms with van der Waals surface area (Å²) in [7, 11) is -2.06. The first-order valence-corrected chi connectivity index (χ1v) is 11.9. The maximum Gasteiger partial charge on any atom is 0.243 e. The number of hydrogen-bond acceptors (Lipinski definition) is 7. The maximum atomic E-state index is 13.3. The van der Waals surface area contributed by atoms with E-state index >= 15 is 0 Å². The van der Waals surface area contributed by atoms with Gasteiger partial charge in [0.2, 0.25) is 10.0 Å². The van der Waals surface area contributed by atoms with Gasteiger partial charge in [0.15, 0.2) is 11.6 Å². The van der Waals surface area contributed by atoms with Crippen molar-refractivity contribution < 1.29 is 13.2 Å². The Labute approximate surface area is 188 Å². The highest BCUT2D eigenvalue weighted by molar-refractivity contribution is 7.89. The van der Waals surface area contributed by atoms with Gasteiger partial charge in [-0.2, -0.15) is 9.40 Å². The third-order valence-electron chi connectivity index (χ3n) is 5.74. The molecule has 4 rings (SSSR count). The largest absolute Gasteiger partial charge is 0.496 e. The predicted molar refractivity (Wildman–Crippen MR) is 122 cm³/mol. The lowest BCUT2D eigenvalue weighted by Gasteiger charge is -2.34. The quantitative estimate of drug-likeness (QED) is 0.582. The lowest BCUT2D eigenvalue weighted by Crippen LogP contribution is -2.49. The first kappa shape index (κ1) is 22.2. The Morgan fingerprint density at radius 2 is 1.53 bits per heavy atom. The molecule has 0 unspecified atom stereocenters. The van der Waals surface area contributed by atoms with Crippen LogP contribution in [0.1, 0.15) is 22.5 Å². The van der Waals surface area contributed by atoms with E-state index in [2.05, 4.69) is 15.3 Å². The molecule has 0 saturated carbocycles. The second kappa shape index (κ2) is 8.51. The number of ether oxygens (including phenoxy) is 1. The van der Waals surface area contributed by atoms with E-state index in [1.165, 1.54) is 4.31 Å². The van der Waals surface area contributed by atoms with Crippen LogP contribution < -0.4 is 9.64 Å². The minimum Gasteiger partial charge on any atom is -0.496 e. The van der Waals surface area contributed by atoms with Gasteiger partial charge < -0.3 is 9.64 Å². The van der Waals surface area contributed by atoms with E-state index in [-0.39, 0.29) is 0 Å². The van der Waals surface area contributed by atoms with E-state index in [1.54, 1.807) is 17.9 Å². The van der Waals surface area contributed by atoms with Crippen molar-refractivity contribution in [3.05, 3.63) is 52.8 Å². The van der Waals surface area contributed by atoms with Crippen LogP contribution in [0.5, 0.6) is 5.75 Å². The van der Waals surface area contributed by atoms with Gasteiger partial charge in [-0.05, 0) is 57.0 Å². The van der Waals surface area contributed by atoms with Gasteiger partial charge in [0.25, 0.3) is 0 Å². The van der Waals surface area contributed by atoms with Gasteiger partial charge in [-0.3, -0.25) is 0 Å². The average molecular weight is 457 g/mol. The first-order valence-electron chi connectivity index (χ1n) is 10.5. The van der Waals surface area contributed by atoms with Gasteiger partial charge in [-0.1, -0.05) is 6.07 Å². The lowest BCUT2D eigenvalue weighted by atomic mass is 10.1. The van der Waals surface area contributed by atoms with Gasteiger partial charge in [0.1, 0.15) is 5.75 Å². The van der Waals surface area contributed by atoms with Crippen molar-refractivity contribution in [2.75, 3.05) is 38.2 Å². The van der Waals surface area contributed by atoms with Crippen LogP contribution >= 0.6 is 0 Å². The van der Waals surface area contributed by atoms with E-state index in [1.807, 2.05) is 56.9 Å². The highest BCUT2D eigenvalue weighted by atomic mass is 32.2. The van der Waals surface area contributed by atoms with Crippen LogP contribution in [-0.2, 0) is 10.0 Å². The minimum atomic E-state index is -3.61. The SMILES string of the molecule is COc1cc(S(=O)(=O)N2CCN(c3ccc(-n4nc(C)cc4C)nn3)CC2)c(C)cc1C. The summed E-state index contributed by atoms with van der Waals surface area (Å²) in [4.78, 5) is 2.34. The smallest absolute Gasteiger partial charge is 0.243 e. The molecule has 0 atom stereocenters. The monoisotopic (exact) mass is 456 g/mol. The van der Waals surface area contributed by atoms with Crippen LogP contribution in [0.15, 0.2) is 35.2 Å². The topological polar surface area (TPSA) is 93.5 Å². The normalized spacial score (nSPS) is 15.2. The molecule has 2 aromatic heterocycles. The van der Waals surface area contributed by atoms with E-state index in [9.17, 15) is 8.42 Å². The summed E-state index contributed by atoms with van der Waals surface area (Å²) in [6.07, 6.45) is 0. The first-order chi connectivity index (χ1) is 15.2.